The van der Waals surface area contributed by atoms with Crippen LogP contribution >= 0.6 is 0 Å². The molecule has 1 aromatic rings. The van der Waals surface area contributed by atoms with Crippen molar-refractivity contribution in [3.05, 3.63) is 23.2 Å². The predicted octanol–water partition coefficient (Wildman–Crippen LogP) is 1.94. The van der Waals surface area contributed by atoms with Crippen LogP contribution in [-0.4, -0.2) is 11.7 Å². The van der Waals surface area contributed by atoms with Crippen molar-refractivity contribution in [3.8, 4) is 0 Å². The third-order valence-electron chi connectivity index (χ3n) is 2.98. The first-order valence-electron chi connectivity index (χ1n) is 5.04. The fourth-order valence-electron chi connectivity index (χ4n) is 2.10. The van der Waals surface area contributed by atoms with Crippen LogP contribution in [-0.2, 0) is 19.3 Å². The fourth-order valence-corrected chi connectivity index (χ4v) is 2.10. The van der Waals surface area contributed by atoms with Gasteiger partial charge in [-0.2, -0.15) is 0 Å². The molecule has 0 bridgehead atoms. The zero-order valence-electron chi connectivity index (χ0n) is 8.05. The molecule has 0 fully saturated rings. The van der Waals surface area contributed by atoms with Gasteiger partial charge in [0.2, 0.25) is 0 Å². The highest BCUT2D eigenvalue weighted by molar-refractivity contribution is 5.30. The van der Waals surface area contributed by atoms with Crippen molar-refractivity contribution in [2.75, 3.05) is 6.61 Å². The van der Waals surface area contributed by atoms with Gasteiger partial charge in [0.05, 0.1) is 6.26 Å². The summed E-state index contributed by atoms with van der Waals surface area (Å²) in [7, 11) is 0. The number of aliphatic hydroxyl groups excluding tert-OH is 1. The van der Waals surface area contributed by atoms with Crippen LogP contribution in [0.3, 0.4) is 0 Å². The highest BCUT2D eigenvalue weighted by Crippen LogP contribution is 2.29. The van der Waals surface area contributed by atoms with Crippen LogP contribution in [0.5, 0.6) is 0 Å². The van der Waals surface area contributed by atoms with Gasteiger partial charge in [-0.3, -0.25) is 0 Å². The minimum atomic E-state index is 0.293. The molecule has 72 valence electrons. The van der Waals surface area contributed by atoms with E-state index in [2.05, 4.69) is 6.92 Å². The molecule has 1 N–H and O–H groups in total. The summed E-state index contributed by atoms with van der Waals surface area (Å²) in [5.74, 6) is 1.53. The summed E-state index contributed by atoms with van der Waals surface area (Å²) in [6, 6.07) is 0. The summed E-state index contributed by atoms with van der Waals surface area (Å²) in [6.07, 6.45) is 6.05. The Morgan fingerprint density at radius 3 is 3.15 bits per heavy atom. The van der Waals surface area contributed by atoms with Gasteiger partial charge in [-0.05, 0) is 36.3 Å². The fraction of sp³-hybridized carbons (Fsp3) is 0.636. The van der Waals surface area contributed by atoms with E-state index in [-0.39, 0.29) is 0 Å². The van der Waals surface area contributed by atoms with Crippen LogP contribution < -0.4 is 0 Å². The Hall–Kier alpha value is -0.760. The number of hydrogen-bond donors (Lipinski definition) is 1. The van der Waals surface area contributed by atoms with Crippen molar-refractivity contribution in [2.24, 2.45) is 5.92 Å². The van der Waals surface area contributed by atoms with Gasteiger partial charge in [0, 0.05) is 13.0 Å². The molecule has 0 radical (unpaired) electrons. The molecule has 2 rings (SSSR count). The molecule has 0 spiro atoms. The Kier molecular flexibility index (Phi) is 2.40. The molecular weight excluding hydrogens is 164 g/mol. The average molecular weight is 180 g/mol. The topological polar surface area (TPSA) is 33.4 Å². The highest BCUT2D eigenvalue weighted by Gasteiger charge is 2.22. The lowest BCUT2D eigenvalue weighted by Gasteiger charge is -2.19. The minimum absolute atomic E-state index is 0.293. The van der Waals surface area contributed by atoms with Crippen LogP contribution in [0.4, 0.5) is 0 Å². The van der Waals surface area contributed by atoms with Gasteiger partial charge in [-0.15, -0.1) is 0 Å². The monoisotopic (exact) mass is 180 g/mol. The summed E-state index contributed by atoms with van der Waals surface area (Å²) in [6.45, 7) is 2.45. The maximum Gasteiger partial charge on any atom is 0.107 e. The number of aliphatic hydroxyl groups is 1. The summed E-state index contributed by atoms with van der Waals surface area (Å²) < 4.78 is 5.50. The molecule has 1 aliphatic carbocycles. The Labute approximate surface area is 78.6 Å². The van der Waals surface area contributed by atoms with Crippen LogP contribution in [0.25, 0.3) is 0 Å². The lowest BCUT2D eigenvalue weighted by Crippen LogP contribution is -2.16. The lowest BCUT2D eigenvalue weighted by molar-refractivity contribution is 0.205. The van der Waals surface area contributed by atoms with E-state index in [1.165, 1.54) is 11.1 Å². The van der Waals surface area contributed by atoms with E-state index in [1.54, 1.807) is 0 Å². The smallest absolute Gasteiger partial charge is 0.107 e. The summed E-state index contributed by atoms with van der Waals surface area (Å²) in [4.78, 5) is 0. The highest BCUT2D eigenvalue weighted by atomic mass is 16.3. The zero-order chi connectivity index (χ0) is 9.26. The molecule has 1 heterocycles. The second-order valence-corrected chi connectivity index (χ2v) is 3.81. The maximum atomic E-state index is 9.04. The first-order chi connectivity index (χ1) is 6.35. The Balaban J connectivity index is 2.22. The molecule has 0 saturated carbocycles. The molecule has 0 aromatic carbocycles. The first-order valence-corrected chi connectivity index (χ1v) is 5.04. The third kappa shape index (κ3) is 1.51. The maximum absolute atomic E-state index is 9.04. The summed E-state index contributed by atoms with van der Waals surface area (Å²) in [5, 5.41) is 9.04. The van der Waals surface area contributed by atoms with Gasteiger partial charge in [-0.1, -0.05) is 6.92 Å². The first kappa shape index (κ1) is 8.82. The number of hydrogen-bond acceptors (Lipinski definition) is 2. The van der Waals surface area contributed by atoms with Crippen molar-refractivity contribution < 1.29 is 9.52 Å². The molecular formula is C11H16O2. The number of furan rings is 1. The standard InChI is InChI=1S/C11H16O2/c1-2-9-7-13-11-5-8(6-12)3-4-10(9)11/h7-8,12H,2-6H2,1H3. The average Bonchev–Trinajstić information content (AvgIpc) is 2.59. The second-order valence-electron chi connectivity index (χ2n) is 3.81. The molecule has 1 aliphatic rings. The number of rotatable bonds is 2. The van der Waals surface area contributed by atoms with E-state index in [0.29, 0.717) is 12.5 Å². The van der Waals surface area contributed by atoms with Gasteiger partial charge >= 0.3 is 0 Å². The van der Waals surface area contributed by atoms with Gasteiger partial charge in [0.25, 0.3) is 0 Å². The van der Waals surface area contributed by atoms with Crippen LogP contribution in [0.1, 0.15) is 30.2 Å². The molecule has 1 unspecified atom stereocenters. The van der Waals surface area contributed by atoms with Crippen molar-refractivity contribution in [2.45, 2.75) is 32.6 Å². The SMILES string of the molecule is CCc1coc2c1CCC(CO)C2. The lowest BCUT2D eigenvalue weighted by atomic mass is 9.87. The van der Waals surface area contributed by atoms with E-state index < -0.39 is 0 Å². The summed E-state index contributed by atoms with van der Waals surface area (Å²) >= 11 is 0. The number of fused-ring (bicyclic) bond motifs is 1. The third-order valence-corrected chi connectivity index (χ3v) is 2.98. The Morgan fingerprint density at radius 2 is 2.46 bits per heavy atom. The predicted molar refractivity (Wildman–Crippen MR) is 50.7 cm³/mol. The normalized spacial score (nSPS) is 21.5. The molecule has 1 atom stereocenters. The molecule has 0 saturated heterocycles. The minimum Gasteiger partial charge on any atom is -0.469 e. The van der Waals surface area contributed by atoms with E-state index in [9.17, 15) is 0 Å². The van der Waals surface area contributed by atoms with Gasteiger partial charge in [-0.25, -0.2) is 0 Å². The quantitative estimate of drug-likeness (QED) is 0.754. The number of aryl methyl sites for hydroxylation is 1. The summed E-state index contributed by atoms with van der Waals surface area (Å²) in [5.41, 5.74) is 2.76. The Bertz CT molecular complexity index is 288. The molecule has 1 aromatic heterocycles. The van der Waals surface area contributed by atoms with Gasteiger partial charge < -0.3 is 9.52 Å². The van der Waals surface area contributed by atoms with Crippen molar-refractivity contribution in [1.82, 2.24) is 0 Å². The second kappa shape index (κ2) is 3.54. The van der Waals surface area contributed by atoms with E-state index in [0.717, 1.165) is 31.4 Å². The van der Waals surface area contributed by atoms with Crippen LogP contribution in [0.15, 0.2) is 10.7 Å². The molecule has 2 nitrogen and oxygen atoms in total. The van der Waals surface area contributed by atoms with Crippen LogP contribution in [0.2, 0.25) is 0 Å². The van der Waals surface area contributed by atoms with E-state index in [4.69, 9.17) is 9.52 Å². The Morgan fingerprint density at radius 1 is 1.62 bits per heavy atom. The van der Waals surface area contributed by atoms with Crippen molar-refractivity contribution in [1.29, 1.82) is 0 Å². The van der Waals surface area contributed by atoms with E-state index >= 15 is 0 Å². The van der Waals surface area contributed by atoms with Crippen molar-refractivity contribution >= 4 is 0 Å². The molecule has 2 heteroatoms. The zero-order valence-corrected chi connectivity index (χ0v) is 8.05. The van der Waals surface area contributed by atoms with Gasteiger partial charge in [0.1, 0.15) is 5.76 Å². The molecule has 0 aliphatic heterocycles. The molecule has 0 amide bonds. The van der Waals surface area contributed by atoms with Gasteiger partial charge in [0.15, 0.2) is 0 Å². The largest absolute Gasteiger partial charge is 0.469 e. The van der Waals surface area contributed by atoms with E-state index in [1.807, 2.05) is 6.26 Å². The van der Waals surface area contributed by atoms with Crippen LogP contribution in [0, 0.1) is 5.92 Å². The van der Waals surface area contributed by atoms with Crippen molar-refractivity contribution in [3.63, 3.8) is 0 Å². The molecule has 13 heavy (non-hydrogen) atoms.